The van der Waals surface area contributed by atoms with Crippen LogP contribution in [0.25, 0.3) is 10.8 Å². The average molecular weight is 402 g/mol. The van der Waals surface area contributed by atoms with Crippen LogP contribution in [0.3, 0.4) is 0 Å². The summed E-state index contributed by atoms with van der Waals surface area (Å²) in [5.74, 6) is -0.920. The van der Waals surface area contributed by atoms with E-state index in [2.05, 4.69) is 18.2 Å². The zero-order valence-corrected chi connectivity index (χ0v) is 17.7. The molecule has 30 heavy (non-hydrogen) atoms. The Balaban J connectivity index is 1.90. The molecule has 0 unspecified atom stereocenters. The first-order valence-electron chi connectivity index (χ1n) is 10.5. The Morgan fingerprint density at radius 1 is 1.03 bits per heavy atom. The van der Waals surface area contributed by atoms with E-state index in [0.29, 0.717) is 13.0 Å². The number of rotatable bonds is 4. The number of hydrogen-bond acceptors (Lipinski definition) is 3. The van der Waals surface area contributed by atoms with Gasteiger partial charge in [0, 0.05) is 18.9 Å². The summed E-state index contributed by atoms with van der Waals surface area (Å²) in [7, 11) is 1.43. The number of likely N-dealkylation sites (tertiary alicyclic amines) is 1. The maximum absolute atomic E-state index is 13.2. The van der Waals surface area contributed by atoms with Crippen molar-refractivity contribution in [2.75, 3.05) is 13.7 Å². The quantitative estimate of drug-likeness (QED) is 0.577. The predicted molar refractivity (Wildman–Crippen MR) is 118 cm³/mol. The van der Waals surface area contributed by atoms with Crippen LogP contribution >= 0.6 is 0 Å². The van der Waals surface area contributed by atoms with E-state index < -0.39 is 5.92 Å². The molecule has 1 aliphatic heterocycles. The second-order valence-electron chi connectivity index (χ2n) is 7.96. The van der Waals surface area contributed by atoms with Gasteiger partial charge in [0.05, 0.1) is 19.1 Å². The summed E-state index contributed by atoms with van der Waals surface area (Å²) in [6.07, 6.45) is 0.296. The Labute approximate surface area is 177 Å². The number of methoxy groups -OCH3 is 1. The van der Waals surface area contributed by atoms with Gasteiger partial charge in [-0.05, 0) is 35.7 Å². The molecule has 0 N–H and O–H groups in total. The van der Waals surface area contributed by atoms with Gasteiger partial charge in [-0.2, -0.15) is 0 Å². The molecular formula is C26H27NO3. The summed E-state index contributed by atoms with van der Waals surface area (Å²) in [5, 5.41) is 2.19. The van der Waals surface area contributed by atoms with Crippen LogP contribution in [0, 0.1) is 12.8 Å². The molecule has 1 amide bonds. The zero-order valence-electron chi connectivity index (χ0n) is 17.7. The molecule has 1 aliphatic rings. The van der Waals surface area contributed by atoms with Crippen molar-refractivity contribution >= 4 is 22.6 Å². The molecular weight excluding hydrogens is 374 g/mol. The van der Waals surface area contributed by atoms with Gasteiger partial charge < -0.3 is 9.64 Å². The highest BCUT2D eigenvalue weighted by Gasteiger charge is 2.47. The molecule has 0 spiro atoms. The summed E-state index contributed by atoms with van der Waals surface area (Å²) in [6.45, 7) is 4.54. The number of amides is 1. The molecule has 3 aromatic carbocycles. The van der Waals surface area contributed by atoms with Crippen LogP contribution in [-0.2, 0) is 14.3 Å². The largest absolute Gasteiger partial charge is 0.469 e. The van der Waals surface area contributed by atoms with Crippen LogP contribution < -0.4 is 0 Å². The smallest absolute Gasteiger partial charge is 0.311 e. The third-order valence-corrected chi connectivity index (χ3v) is 6.28. The van der Waals surface area contributed by atoms with Crippen molar-refractivity contribution in [1.82, 2.24) is 4.90 Å². The normalized spacial score (nSPS) is 21.6. The SMILES string of the molecule is CCN1C(=O)C[C@H](c2cccc3ccccc23)[C@H](C(=O)OC)[C@H]1c1ccc(C)cc1. The average Bonchev–Trinajstić information content (AvgIpc) is 2.78. The first-order chi connectivity index (χ1) is 14.5. The Bertz CT molecular complexity index is 1070. The fourth-order valence-electron chi connectivity index (χ4n) is 4.83. The van der Waals surface area contributed by atoms with E-state index in [1.807, 2.05) is 67.3 Å². The van der Waals surface area contributed by atoms with Gasteiger partial charge in [-0.1, -0.05) is 72.3 Å². The summed E-state index contributed by atoms with van der Waals surface area (Å²) >= 11 is 0. The zero-order chi connectivity index (χ0) is 21.3. The number of ether oxygens (including phenoxy) is 1. The maximum Gasteiger partial charge on any atom is 0.311 e. The fourth-order valence-corrected chi connectivity index (χ4v) is 4.83. The number of hydrogen-bond donors (Lipinski definition) is 0. The highest BCUT2D eigenvalue weighted by atomic mass is 16.5. The van der Waals surface area contributed by atoms with Gasteiger partial charge in [0.15, 0.2) is 0 Å². The lowest BCUT2D eigenvalue weighted by atomic mass is 9.72. The number of esters is 1. The summed E-state index contributed by atoms with van der Waals surface area (Å²) in [4.78, 5) is 28.2. The Morgan fingerprint density at radius 3 is 2.43 bits per heavy atom. The lowest BCUT2D eigenvalue weighted by Crippen LogP contribution is -2.49. The van der Waals surface area contributed by atoms with Crippen LogP contribution in [0.2, 0.25) is 0 Å². The Morgan fingerprint density at radius 2 is 1.73 bits per heavy atom. The van der Waals surface area contributed by atoms with Crippen molar-refractivity contribution in [1.29, 1.82) is 0 Å². The molecule has 3 aromatic rings. The standard InChI is InChI=1S/C26H27NO3/c1-4-27-23(28)16-22(21-11-7-9-18-8-5-6-10-20(18)21)24(26(29)30-3)25(27)19-14-12-17(2)13-15-19/h5-15,22,24-25H,4,16H2,1-3H3/t22-,24+,25-/m1/s1. The molecule has 0 aliphatic carbocycles. The van der Waals surface area contributed by atoms with Gasteiger partial charge in [-0.3, -0.25) is 9.59 Å². The lowest BCUT2D eigenvalue weighted by molar-refractivity contribution is -0.156. The Kier molecular flexibility index (Phi) is 5.58. The summed E-state index contributed by atoms with van der Waals surface area (Å²) < 4.78 is 5.28. The molecule has 4 nitrogen and oxygen atoms in total. The van der Waals surface area contributed by atoms with E-state index in [9.17, 15) is 9.59 Å². The highest BCUT2D eigenvalue weighted by Crippen LogP contribution is 2.47. The molecule has 154 valence electrons. The number of carbonyl (C=O) groups is 2. The van der Waals surface area contributed by atoms with Gasteiger partial charge in [0.2, 0.25) is 5.91 Å². The van der Waals surface area contributed by atoms with Gasteiger partial charge in [-0.15, -0.1) is 0 Å². The number of aryl methyl sites for hydroxylation is 1. The van der Waals surface area contributed by atoms with Crippen molar-refractivity contribution < 1.29 is 14.3 Å². The van der Waals surface area contributed by atoms with Crippen LogP contribution in [0.5, 0.6) is 0 Å². The molecule has 4 heteroatoms. The first kappa shape index (κ1) is 20.1. The first-order valence-corrected chi connectivity index (χ1v) is 10.5. The van der Waals surface area contributed by atoms with Gasteiger partial charge in [0.25, 0.3) is 0 Å². The van der Waals surface area contributed by atoms with Crippen molar-refractivity contribution in [2.24, 2.45) is 5.92 Å². The third kappa shape index (κ3) is 3.47. The number of fused-ring (bicyclic) bond motifs is 1. The van der Waals surface area contributed by atoms with Crippen molar-refractivity contribution in [2.45, 2.75) is 32.2 Å². The van der Waals surface area contributed by atoms with Crippen molar-refractivity contribution in [3.63, 3.8) is 0 Å². The number of piperidine rings is 1. The maximum atomic E-state index is 13.2. The molecule has 4 rings (SSSR count). The number of benzene rings is 3. The predicted octanol–water partition coefficient (Wildman–Crippen LogP) is 5.01. The summed E-state index contributed by atoms with van der Waals surface area (Å²) in [6, 6.07) is 22.0. The third-order valence-electron chi connectivity index (χ3n) is 6.28. The molecule has 0 aromatic heterocycles. The monoisotopic (exact) mass is 401 g/mol. The molecule has 1 saturated heterocycles. The van der Waals surface area contributed by atoms with Gasteiger partial charge in [0.1, 0.15) is 0 Å². The molecule has 1 fully saturated rings. The highest BCUT2D eigenvalue weighted by molar-refractivity contribution is 5.90. The number of carbonyl (C=O) groups excluding carboxylic acids is 2. The lowest BCUT2D eigenvalue weighted by Gasteiger charge is -2.44. The van der Waals surface area contributed by atoms with Gasteiger partial charge in [-0.25, -0.2) is 0 Å². The molecule has 3 atom stereocenters. The second-order valence-corrected chi connectivity index (χ2v) is 7.96. The van der Waals surface area contributed by atoms with Gasteiger partial charge >= 0.3 is 5.97 Å². The van der Waals surface area contributed by atoms with E-state index >= 15 is 0 Å². The van der Waals surface area contributed by atoms with Crippen LogP contribution in [0.4, 0.5) is 0 Å². The topological polar surface area (TPSA) is 46.6 Å². The van der Waals surface area contributed by atoms with Crippen LogP contribution in [0.1, 0.15) is 42.0 Å². The fraction of sp³-hybridized carbons (Fsp3) is 0.308. The van der Waals surface area contributed by atoms with Crippen molar-refractivity contribution in [3.8, 4) is 0 Å². The minimum absolute atomic E-state index is 0.0705. The second kappa shape index (κ2) is 8.31. The molecule has 1 heterocycles. The minimum atomic E-state index is -0.471. The number of nitrogens with zero attached hydrogens (tertiary/aromatic N) is 1. The van der Waals surface area contributed by atoms with Crippen molar-refractivity contribution in [3.05, 3.63) is 83.4 Å². The van der Waals surface area contributed by atoms with E-state index in [1.165, 1.54) is 7.11 Å². The Hall–Kier alpha value is -3.14. The van der Waals surface area contributed by atoms with E-state index in [1.54, 1.807) is 0 Å². The van der Waals surface area contributed by atoms with E-state index in [-0.39, 0.29) is 23.8 Å². The molecule has 0 radical (unpaired) electrons. The molecule has 0 bridgehead atoms. The van der Waals surface area contributed by atoms with Crippen LogP contribution in [0.15, 0.2) is 66.7 Å². The minimum Gasteiger partial charge on any atom is -0.469 e. The molecule has 0 saturated carbocycles. The summed E-state index contributed by atoms with van der Waals surface area (Å²) in [5.41, 5.74) is 3.14. The van der Waals surface area contributed by atoms with E-state index in [4.69, 9.17) is 4.74 Å². The van der Waals surface area contributed by atoms with E-state index in [0.717, 1.165) is 27.5 Å². The van der Waals surface area contributed by atoms with Crippen LogP contribution in [-0.4, -0.2) is 30.4 Å².